The minimum Gasteiger partial charge on any atom is -0.351 e. The minimum atomic E-state index is 0. The Morgan fingerprint density at radius 1 is 1.14 bits per heavy atom. The molecule has 0 bridgehead atoms. The summed E-state index contributed by atoms with van der Waals surface area (Å²) in [6.07, 6.45) is 0.949. The van der Waals surface area contributed by atoms with Crippen LogP contribution in [-0.4, -0.2) is 26.0 Å². The van der Waals surface area contributed by atoms with Gasteiger partial charge in [-0.3, -0.25) is 4.79 Å². The van der Waals surface area contributed by atoms with Gasteiger partial charge in [0, 0.05) is 21.3 Å². The van der Waals surface area contributed by atoms with Crippen molar-refractivity contribution in [1.82, 2.24) is 10.6 Å². The van der Waals surface area contributed by atoms with Crippen LogP contribution < -0.4 is 10.6 Å². The lowest BCUT2D eigenvalue weighted by Crippen LogP contribution is -2.25. The Hall–Kier alpha value is -1.14. The van der Waals surface area contributed by atoms with E-state index >= 15 is 0 Å². The molecule has 6 heteroatoms. The Labute approximate surface area is 137 Å². The predicted octanol–water partition coefficient (Wildman–Crippen LogP) is 3.88. The smallest absolute Gasteiger partial charge is 0.261 e. The Morgan fingerprint density at radius 2 is 1.95 bits per heavy atom. The van der Waals surface area contributed by atoms with Crippen LogP contribution in [0.2, 0.25) is 0 Å². The number of thiophene rings is 2. The number of nitrogens with one attached hydrogen (secondary N) is 2. The van der Waals surface area contributed by atoms with Gasteiger partial charge >= 0.3 is 0 Å². The largest absolute Gasteiger partial charge is 0.351 e. The number of hydrogen-bond donors (Lipinski definition) is 2. The maximum absolute atomic E-state index is 12.1. The molecular formula is C15H17ClN2OS2. The van der Waals surface area contributed by atoms with E-state index in [9.17, 15) is 4.79 Å². The maximum Gasteiger partial charge on any atom is 0.261 e. The molecule has 1 amide bonds. The molecule has 3 nitrogen and oxygen atoms in total. The summed E-state index contributed by atoms with van der Waals surface area (Å²) in [7, 11) is 1.92. The molecule has 0 aliphatic heterocycles. The first-order chi connectivity index (χ1) is 9.79. The van der Waals surface area contributed by atoms with Gasteiger partial charge in [-0.05, 0) is 32.1 Å². The van der Waals surface area contributed by atoms with Crippen LogP contribution in [0.25, 0.3) is 19.5 Å². The highest BCUT2D eigenvalue weighted by Crippen LogP contribution is 2.39. The van der Waals surface area contributed by atoms with E-state index < -0.39 is 0 Å². The summed E-state index contributed by atoms with van der Waals surface area (Å²) in [5.41, 5.74) is 0. The molecule has 3 aromatic rings. The van der Waals surface area contributed by atoms with E-state index in [1.807, 2.05) is 19.2 Å². The molecule has 112 valence electrons. The summed E-state index contributed by atoms with van der Waals surface area (Å²) in [6, 6.07) is 10.4. The van der Waals surface area contributed by atoms with Crippen molar-refractivity contribution < 1.29 is 4.79 Å². The van der Waals surface area contributed by atoms with Crippen LogP contribution in [0.5, 0.6) is 0 Å². The molecule has 3 rings (SSSR count). The first-order valence-corrected chi connectivity index (χ1v) is 8.27. The van der Waals surface area contributed by atoms with E-state index in [-0.39, 0.29) is 18.3 Å². The SMILES string of the molecule is CNCCCNC(=O)c1cc2sc3ccccc3c2s1.Cl. The molecule has 2 N–H and O–H groups in total. The highest BCUT2D eigenvalue weighted by atomic mass is 35.5. The summed E-state index contributed by atoms with van der Waals surface area (Å²) in [4.78, 5) is 12.9. The molecule has 0 saturated carbocycles. The quantitative estimate of drug-likeness (QED) is 0.692. The lowest BCUT2D eigenvalue weighted by atomic mass is 10.2. The third-order valence-electron chi connectivity index (χ3n) is 3.16. The summed E-state index contributed by atoms with van der Waals surface area (Å²) < 4.78 is 3.72. The van der Waals surface area contributed by atoms with Crippen molar-refractivity contribution in [3.05, 3.63) is 35.2 Å². The fraction of sp³-hybridized carbons (Fsp3) is 0.267. The molecular weight excluding hydrogens is 324 g/mol. The second kappa shape index (κ2) is 7.22. The second-order valence-electron chi connectivity index (χ2n) is 4.62. The van der Waals surface area contributed by atoms with Crippen molar-refractivity contribution >= 4 is 60.5 Å². The highest BCUT2D eigenvalue weighted by Gasteiger charge is 2.13. The third kappa shape index (κ3) is 3.37. The Bertz CT molecular complexity index is 750. The number of fused-ring (bicyclic) bond motifs is 3. The summed E-state index contributed by atoms with van der Waals surface area (Å²) in [6.45, 7) is 1.64. The Kier molecular flexibility index (Phi) is 5.58. The molecule has 2 aromatic heterocycles. The Balaban J connectivity index is 0.00000161. The van der Waals surface area contributed by atoms with E-state index in [1.165, 1.54) is 19.5 Å². The van der Waals surface area contributed by atoms with Gasteiger partial charge in [-0.25, -0.2) is 0 Å². The average Bonchev–Trinajstić information content (AvgIpc) is 3.01. The summed E-state index contributed by atoms with van der Waals surface area (Å²) >= 11 is 3.34. The van der Waals surface area contributed by atoms with Crippen LogP contribution in [0.3, 0.4) is 0 Å². The second-order valence-corrected chi connectivity index (χ2v) is 6.75. The molecule has 2 heterocycles. The van der Waals surface area contributed by atoms with Gasteiger partial charge in [0.25, 0.3) is 5.91 Å². The van der Waals surface area contributed by atoms with Crippen LogP contribution in [-0.2, 0) is 0 Å². The van der Waals surface area contributed by atoms with Crippen molar-refractivity contribution in [2.45, 2.75) is 6.42 Å². The van der Waals surface area contributed by atoms with Crippen molar-refractivity contribution in [2.24, 2.45) is 0 Å². The lowest BCUT2D eigenvalue weighted by molar-refractivity contribution is 0.0957. The van der Waals surface area contributed by atoms with Crippen molar-refractivity contribution in [1.29, 1.82) is 0 Å². The summed E-state index contributed by atoms with van der Waals surface area (Å²) in [5.74, 6) is 0.0404. The predicted molar refractivity (Wildman–Crippen MR) is 95.3 cm³/mol. The first-order valence-electron chi connectivity index (χ1n) is 6.63. The van der Waals surface area contributed by atoms with Crippen LogP contribution in [0, 0.1) is 0 Å². The highest BCUT2D eigenvalue weighted by molar-refractivity contribution is 7.33. The van der Waals surface area contributed by atoms with Crippen LogP contribution >= 0.6 is 35.1 Å². The number of halogens is 1. The van der Waals surface area contributed by atoms with Gasteiger partial charge < -0.3 is 10.6 Å². The molecule has 21 heavy (non-hydrogen) atoms. The molecule has 0 aliphatic rings. The lowest BCUT2D eigenvalue weighted by Gasteiger charge is -2.02. The fourth-order valence-corrected chi connectivity index (χ4v) is 4.61. The number of carbonyl (C=O) groups is 1. The standard InChI is InChI=1S/C15H16N2OS2.ClH/c1-16-7-4-8-17-15(18)13-9-12-14(20-13)10-5-2-3-6-11(10)19-12;/h2-3,5-6,9,16H,4,7-8H2,1H3,(H,17,18);1H. The van der Waals surface area contributed by atoms with Gasteiger partial charge in [-0.15, -0.1) is 35.1 Å². The number of hydrogen-bond acceptors (Lipinski definition) is 4. The molecule has 0 spiro atoms. The maximum atomic E-state index is 12.1. The minimum absolute atomic E-state index is 0. The van der Waals surface area contributed by atoms with Gasteiger partial charge in [0.05, 0.1) is 9.58 Å². The number of rotatable bonds is 5. The topological polar surface area (TPSA) is 41.1 Å². The van der Waals surface area contributed by atoms with E-state index in [1.54, 1.807) is 22.7 Å². The molecule has 0 radical (unpaired) electrons. The van der Waals surface area contributed by atoms with Crippen LogP contribution in [0.1, 0.15) is 16.1 Å². The first kappa shape index (κ1) is 16.2. The molecule has 0 unspecified atom stereocenters. The zero-order valence-corrected chi connectivity index (χ0v) is 14.1. The van der Waals surface area contributed by atoms with Crippen molar-refractivity contribution in [3.8, 4) is 0 Å². The molecule has 0 fully saturated rings. The van der Waals surface area contributed by atoms with E-state index in [4.69, 9.17) is 0 Å². The van der Waals surface area contributed by atoms with Crippen LogP contribution in [0.15, 0.2) is 30.3 Å². The van der Waals surface area contributed by atoms with Crippen LogP contribution in [0.4, 0.5) is 0 Å². The molecule has 0 saturated heterocycles. The third-order valence-corrected chi connectivity index (χ3v) is 5.58. The molecule has 0 aliphatic carbocycles. The van der Waals surface area contributed by atoms with Gasteiger partial charge in [-0.2, -0.15) is 0 Å². The van der Waals surface area contributed by atoms with E-state index in [0.717, 1.165) is 17.8 Å². The zero-order valence-electron chi connectivity index (χ0n) is 11.6. The summed E-state index contributed by atoms with van der Waals surface area (Å²) in [5, 5.41) is 7.30. The van der Waals surface area contributed by atoms with Gasteiger partial charge in [-0.1, -0.05) is 18.2 Å². The molecule has 1 aromatic carbocycles. The van der Waals surface area contributed by atoms with Gasteiger partial charge in [0.2, 0.25) is 0 Å². The zero-order chi connectivity index (χ0) is 13.9. The average molecular weight is 341 g/mol. The van der Waals surface area contributed by atoms with Crippen molar-refractivity contribution in [3.63, 3.8) is 0 Å². The molecule has 0 atom stereocenters. The van der Waals surface area contributed by atoms with Gasteiger partial charge in [0.15, 0.2) is 0 Å². The monoisotopic (exact) mass is 340 g/mol. The number of benzene rings is 1. The number of amides is 1. The fourth-order valence-electron chi connectivity index (χ4n) is 2.17. The van der Waals surface area contributed by atoms with E-state index in [0.29, 0.717) is 6.54 Å². The normalized spacial score (nSPS) is 10.7. The van der Waals surface area contributed by atoms with E-state index in [2.05, 4.69) is 28.8 Å². The van der Waals surface area contributed by atoms with Gasteiger partial charge in [0.1, 0.15) is 0 Å². The number of carbonyl (C=O) groups excluding carboxylic acids is 1. The Morgan fingerprint density at radius 3 is 2.76 bits per heavy atom. The van der Waals surface area contributed by atoms with Crippen molar-refractivity contribution in [2.75, 3.05) is 20.1 Å².